The molecule has 4 aliphatic heterocycles. The van der Waals surface area contributed by atoms with E-state index in [4.69, 9.17) is 122 Å². The number of thiocarbonyl (C=S) groups is 10. The van der Waals surface area contributed by atoms with Crippen LogP contribution < -0.4 is 19.6 Å². The van der Waals surface area contributed by atoms with Gasteiger partial charge in [0.25, 0.3) is 0 Å². The number of rotatable bonds is 12. The molecule has 12 rings (SSSR count). The van der Waals surface area contributed by atoms with E-state index in [1.165, 1.54) is 130 Å². The fourth-order valence-corrected chi connectivity index (χ4v) is 24.3. The molecule has 0 unspecified atom stereocenters. The molecule has 0 bridgehead atoms. The van der Waals surface area contributed by atoms with Gasteiger partial charge in [-0.15, -0.1) is 0 Å². The lowest BCUT2D eigenvalue weighted by atomic mass is 10.1. The maximum atomic E-state index is 5.93. The van der Waals surface area contributed by atoms with E-state index in [2.05, 4.69) is 136 Å². The van der Waals surface area contributed by atoms with Gasteiger partial charge in [0.05, 0.1) is 0 Å². The Morgan fingerprint density at radius 3 is 0.649 bits per heavy atom. The molecule has 602 valence electrons. The molecular formula is C82H94N12S20. The molecule has 6 aromatic carbocycles. The van der Waals surface area contributed by atoms with E-state index in [0.717, 1.165) is 144 Å². The molecule has 8 aromatic rings. The largest absolute Gasteiger partial charge is 0.357 e. The summed E-state index contributed by atoms with van der Waals surface area (Å²) >= 11 is 55.4. The van der Waals surface area contributed by atoms with Gasteiger partial charge < -0.3 is 49.0 Å². The van der Waals surface area contributed by atoms with Crippen LogP contribution in [0.5, 0.6) is 0 Å². The monoisotopic (exact) mass is 1890 g/mol. The molecular weight excluding hydrogens is 1790 g/mol. The average Bonchev–Trinajstić information content (AvgIpc) is 1.37. The van der Waals surface area contributed by atoms with Crippen LogP contribution in [0.15, 0.2) is 231 Å². The molecule has 4 fully saturated rings. The molecule has 4 aliphatic rings. The third-order valence-electron chi connectivity index (χ3n) is 17.7. The van der Waals surface area contributed by atoms with Crippen molar-refractivity contribution in [2.75, 3.05) is 100 Å². The minimum Gasteiger partial charge on any atom is -0.357 e. The van der Waals surface area contributed by atoms with Gasteiger partial charge in [0.1, 0.15) is 25.9 Å². The van der Waals surface area contributed by atoms with Crippen molar-refractivity contribution < 1.29 is 0 Å². The maximum Gasteiger partial charge on any atom is 0.151 e. The Bertz CT molecular complexity index is 3760. The van der Waals surface area contributed by atoms with Gasteiger partial charge in [0.15, 0.2) is 17.3 Å². The van der Waals surface area contributed by atoms with E-state index < -0.39 is 0 Å². The quantitative estimate of drug-likeness (QED) is 0.0861. The summed E-state index contributed by atoms with van der Waals surface area (Å²) in [4.78, 5) is 29.6. The van der Waals surface area contributed by atoms with E-state index in [9.17, 15) is 0 Å². The number of piperidine rings is 2. The van der Waals surface area contributed by atoms with Crippen LogP contribution in [0.1, 0.15) is 86.5 Å². The predicted molar refractivity (Wildman–Crippen MR) is 554 cm³/mol. The standard InChI is InChI=1S/C30H28N2S4.C16H16N2S4.C14H14N4S4.C12H20N2S4.C10H16N2S4/c33-29(31(21-25-13-5-1-6-14-25)22-26-15-7-2-8-16-26)35-36-30(34)32(23-27-17-9-3-10-18-27)24-28-19-11-4-12-20-28;1-17(13-9-5-3-6-10-13)15(19)21-22-16(20)18(2)14-11-7-4-8-12-14;1-17(11-3-7-15-8-4-11)13(19)21-22-14(20)18(2)12-5-9-16-10-6-12;15-11(13-7-3-1-4-8-13)17-18-12(16)14-9-5-2-6-10-14;13-9(11-5-1-2-6-11)15-16-10(14)12-7-3-4-8-12/h1-20H,21-24H2;3-12H,1-2H3;3-10H,1-2H3;1-10H2;1-8H2. The summed E-state index contributed by atoms with van der Waals surface area (Å²) in [5.74, 6) is 0. The first-order valence-electron chi connectivity index (χ1n) is 37.0. The molecule has 114 heavy (non-hydrogen) atoms. The highest BCUT2D eigenvalue weighted by Gasteiger charge is 2.23. The zero-order valence-corrected chi connectivity index (χ0v) is 80.4. The van der Waals surface area contributed by atoms with Crippen LogP contribution in [0.2, 0.25) is 0 Å². The lowest BCUT2D eigenvalue weighted by Gasteiger charge is -2.30. The highest BCUT2D eigenvalue weighted by atomic mass is 33.1. The van der Waals surface area contributed by atoms with E-state index >= 15 is 0 Å². The van der Waals surface area contributed by atoms with Gasteiger partial charge in [0, 0.05) is 154 Å². The summed E-state index contributed by atoms with van der Waals surface area (Å²) in [5.41, 5.74) is 9.09. The van der Waals surface area contributed by atoms with Gasteiger partial charge in [-0.2, -0.15) is 0 Å². The number of hydrogen-bond acceptors (Lipinski definition) is 22. The van der Waals surface area contributed by atoms with Crippen molar-refractivity contribution in [1.29, 1.82) is 0 Å². The summed E-state index contributed by atoms with van der Waals surface area (Å²) < 4.78 is 8.72. The van der Waals surface area contributed by atoms with Crippen molar-refractivity contribution in [3.05, 3.63) is 253 Å². The summed E-state index contributed by atoms with van der Waals surface area (Å²) in [5, 5.41) is 0. The summed E-state index contributed by atoms with van der Waals surface area (Å²) in [7, 11) is 23.5. The van der Waals surface area contributed by atoms with Gasteiger partial charge in [0.2, 0.25) is 0 Å². The van der Waals surface area contributed by atoms with Crippen LogP contribution in [-0.2, 0) is 26.2 Å². The Morgan fingerprint density at radius 1 is 0.246 bits per heavy atom. The molecule has 0 aliphatic carbocycles. The molecule has 4 saturated heterocycles. The second-order valence-electron chi connectivity index (χ2n) is 25.9. The summed E-state index contributed by atoms with van der Waals surface area (Å²) in [6, 6.07) is 69.7. The first-order valence-corrected chi connectivity index (χ1v) is 51.9. The number of pyridine rings is 2. The van der Waals surface area contributed by atoms with Crippen LogP contribution in [0.3, 0.4) is 0 Å². The van der Waals surface area contributed by atoms with Crippen molar-refractivity contribution in [3.63, 3.8) is 0 Å². The molecule has 0 saturated carbocycles. The Labute approximate surface area is 770 Å². The molecule has 0 radical (unpaired) electrons. The van der Waals surface area contributed by atoms with Crippen molar-refractivity contribution in [1.82, 2.24) is 39.4 Å². The number of benzene rings is 6. The molecule has 0 atom stereocenters. The van der Waals surface area contributed by atoms with E-state index in [1.54, 1.807) is 89.6 Å². The molecule has 0 amide bonds. The SMILES string of the molecule is CN(C(=S)SSC(=S)N(C)c1ccccc1)c1ccccc1.CN(C(=S)SSC(=S)N(C)c1ccncc1)c1ccncc1.S=C(SSC(=S)N(Cc1ccccc1)Cc1ccccc1)N(Cc1ccccc1)Cc1ccccc1.S=C(SSC(=S)N1CCCC1)N1CCCC1.S=C(SSC(=S)N1CCCCC1)N1CCCCC1. The molecule has 0 spiro atoms. The molecule has 0 N–H and O–H groups in total. The number of nitrogens with zero attached hydrogens (tertiary/aromatic N) is 12. The third-order valence-corrected chi connectivity index (χ3v) is 36.5. The Hall–Kier alpha value is -3.98. The van der Waals surface area contributed by atoms with Crippen LogP contribution in [-0.4, -0.2) is 163 Å². The Kier molecular flexibility index (Phi) is 46.1. The van der Waals surface area contributed by atoms with Gasteiger partial charge in [-0.1, -0.05) is 280 Å². The second-order valence-corrected chi connectivity index (χ2v) is 42.9. The summed E-state index contributed by atoms with van der Waals surface area (Å²) in [6.45, 7) is 12.0. The van der Waals surface area contributed by atoms with Crippen LogP contribution >= 0.6 is 230 Å². The van der Waals surface area contributed by atoms with E-state index in [-0.39, 0.29) is 0 Å². The maximum absolute atomic E-state index is 5.93. The zero-order chi connectivity index (χ0) is 81.1. The van der Waals surface area contributed by atoms with E-state index in [0.29, 0.717) is 0 Å². The van der Waals surface area contributed by atoms with Gasteiger partial charge in [-0.05, 0) is 243 Å². The fourth-order valence-electron chi connectivity index (χ4n) is 11.3. The number of anilines is 4. The smallest absolute Gasteiger partial charge is 0.151 e. The number of para-hydroxylation sites is 2. The molecule has 2 aromatic heterocycles. The third kappa shape index (κ3) is 35.4. The van der Waals surface area contributed by atoms with Gasteiger partial charge in [-0.3, -0.25) is 9.97 Å². The van der Waals surface area contributed by atoms with Crippen LogP contribution in [0.4, 0.5) is 22.7 Å². The second kappa shape index (κ2) is 55.0. The van der Waals surface area contributed by atoms with Crippen LogP contribution in [0.25, 0.3) is 0 Å². The topological polar surface area (TPSA) is 58.2 Å². The van der Waals surface area contributed by atoms with Crippen molar-refractivity contribution >= 4 is 296 Å². The predicted octanol–water partition coefficient (Wildman–Crippen LogP) is 24.6. The minimum atomic E-state index is 0.738. The first-order chi connectivity index (χ1) is 55.4. The number of hydrogen-bond donors (Lipinski definition) is 0. The lowest BCUT2D eigenvalue weighted by molar-refractivity contribution is 0.352. The van der Waals surface area contributed by atoms with Crippen molar-refractivity contribution in [2.45, 2.75) is 90.4 Å². The Balaban J connectivity index is 0.000000184. The average molecular weight is 1890 g/mol. The zero-order valence-electron chi connectivity index (χ0n) is 64.0. The Morgan fingerprint density at radius 2 is 0.430 bits per heavy atom. The van der Waals surface area contributed by atoms with E-state index in [1.807, 2.05) is 157 Å². The highest BCUT2D eigenvalue weighted by molar-refractivity contribution is 8.91. The minimum absolute atomic E-state index is 0.738. The van der Waals surface area contributed by atoms with Gasteiger partial charge >= 0.3 is 0 Å². The lowest BCUT2D eigenvalue weighted by Crippen LogP contribution is -2.34. The molecule has 32 heteroatoms. The normalized spacial score (nSPS) is 13.4. The molecule has 12 nitrogen and oxygen atoms in total. The van der Waals surface area contributed by atoms with Crippen LogP contribution in [0, 0.1) is 0 Å². The summed E-state index contributed by atoms with van der Waals surface area (Å²) in [6.07, 6.45) is 19.9. The number of likely N-dealkylation sites (tertiary alicyclic amines) is 4. The highest BCUT2D eigenvalue weighted by Crippen LogP contribution is 2.37. The fraction of sp³-hybridized carbons (Fsp3) is 0.317. The van der Waals surface area contributed by atoms with Crippen molar-refractivity contribution in [3.8, 4) is 0 Å². The van der Waals surface area contributed by atoms with Gasteiger partial charge in [-0.25, -0.2) is 0 Å². The molecule has 6 heterocycles. The first kappa shape index (κ1) is 95.5. The number of aromatic nitrogens is 2. The van der Waals surface area contributed by atoms with Crippen molar-refractivity contribution in [2.24, 2.45) is 0 Å².